The molecule has 2 heterocycles. The number of nitrogens with one attached hydrogen (secondary N) is 1. The van der Waals surface area contributed by atoms with E-state index in [-0.39, 0.29) is 18.0 Å². The minimum Gasteiger partial charge on any atom is -0.324 e. The minimum atomic E-state index is -0.269. The van der Waals surface area contributed by atoms with E-state index in [2.05, 4.69) is 5.32 Å². The van der Waals surface area contributed by atoms with E-state index >= 15 is 0 Å². The zero-order valence-corrected chi connectivity index (χ0v) is 12.4. The summed E-state index contributed by atoms with van der Waals surface area (Å²) >= 11 is 7.37. The molecule has 4 nitrogen and oxygen atoms in total. The molecule has 3 aromatic rings. The molecule has 1 N–H and O–H groups in total. The van der Waals surface area contributed by atoms with Gasteiger partial charge in [-0.3, -0.25) is 9.59 Å². The summed E-state index contributed by atoms with van der Waals surface area (Å²) in [5, 5.41) is 5.77. The molecule has 1 amide bonds. The molecule has 0 fully saturated rings. The Labute approximate surface area is 129 Å². The average molecular weight is 319 g/mol. The van der Waals surface area contributed by atoms with Gasteiger partial charge in [-0.05, 0) is 35.7 Å². The average Bonchev–Trinajstić information content (AvgIpc) is 2.91. The number of aromatic nitrogens is 1. The van der Waals surface area contributed by atoms with Gasteiger partial charge in [0.2, 0.25) is 5.91 Å². The largest absolute Gasteiger partial charge is 0.324 e. The first-order chi connectivity index (χ1) is 10.1. The SMILES string of the molecule is O=C(Cn1ccc2sccc2c1=O)Nc1cccc(Cl)c1. The molecule has 0 unspecified atom stereocenters. The molecular weight excluding hydrogens is 308 g/mol. The number of carbonyl (C=O) groups is 1. The van der Waals surface area contributed by atoms with Crippen molar-refractivity contribution in [3.05, 3.63) is 63.4 Å². The fraction of sp³-hybridized carbons (Fsp3) is 0.0667. The third-order valence-corrected chi connectivity index (χ3v) is 4.13. The normalized spacial score (nSPS) is 10.7. The van der Waals surface area contributed by atoms with Crippen LogP contribution in [0.1, 0.15) is 0 Å². The minimum absolute atomic E-state index is 0.0306. The third-order valence-electron chi connectivity index (χ3n) is 3.01. The van der Waals surface area contributed by atoms with Gasteiger partial charge in [-0.2, -0.15) is 0 Å². The van der Waals surface area contributed by atoms with E-state index in [1.807, 2.05) is 11.4 Å². The number of carbonyl (C=O) groups excluding carboxylic acids is 1. The molecule has 0 bridgehead atoms. The van der Waals surface area contributed by atoms with Crippen molar-refractivity contribution in [3.63, 3.8) is 0 Å². The second-order valence-corrected chi connectivity index (χ2v) is 5.89. The van der Waals surface area contributed by atoms with Crippen molar-refractivity contribution in [3.8, 4) is 0 Å². The van der Waals surface area contributed by atoms with Gasteiger partial charge in [0, 0.05) is 21.6 Å². The lowest BCUT2D eigenvalue weighted by Gasteiger charge is -2.07. The van der Waals surface area contributed by atoms with Crippen molar-refractivity contribution in [1.29, 1.82) is 0 Å². The molecule has 21 heavy (non-hydrogen) atoms. The third kappa shape index (κ3) is 2.99. The van der Waals surface area contributed by atoms with Gasteiger partial charge in [0.15, 0.2) is 0 Å². The van der Waals surface area contributed by atoms with E-state index in [0.717, 1.165) is 4.70 Å². The van der Waals surface area contributed by atoms with Crippen LogP contribution in [-0.2, 0) is 11.3 Å². The van der Waals surface area contributed by atoms with Crippen LogP contribution in [0.5, 0.6) is 0 Å². The number of anilines is 1. The molecule has 0 atom stereocenters. The Morgan fingerprint density at radius 3 is 2.95 bits per heavy atom. The van der Waals surface area contributed by atoms with Gasteiger partial charge in [0.1, 0.15) is 6.54 Å². The van der Waals surface area contributed by atoms with Crippen molar-refractivity contribution in [2.24, 2.45) is 0 Å². The van der Waals surface area contributed by atoms with Crippen LogP contribution in [0.4, 0.5) is 5.69 Å². The summed E-state index contributed by atoms with van der Waals surface area (Å²) in [4.78, 5) is 24.2. The molecule has 1 aromatic carbocycles. The Kier molecular flexibility index (Phi) is 3.77. The van der Waals surface area contributed by atoms with E-state index < -0.39 is 0 Å². The molecule has 0 aliphatic rings. The molecule has 3 rings (SSSR count). The lowest BCUT2D eigenvalue weighted by molar-refractivity contribution is -0.116. The highest BCUT2D eigenvalue weighted by Gasteiger charge is 2.08. The maximum atomic E-state index is 12.2. The number of thiophene rings is 1. The molecular formula is C15H11ClN2O2S. The Hall–Kier alpha value is -2.11. The molecule has 0 saturated carbocycles. The first kappa shape index (κ1) is 13.9. The maximum absolute atomic E-state index is 12.2. The van der Waals surface area contributed by atoms with E-state index in [4.69, 9.17) is 11.6 Å². The molecule has 0 radical (unpaired) electrons. The molecule has 0 aliphatic carbocycles. The lowest BCUT2D eigenvalue weighted by Crippen LogP contribution is -2.26. The number of hydrogen-bond acceptors (Lipinski definition) is 3. The highest BCUT2D eigenvalue weighted by molar-refractivity contribution is 7.17. The zero-order chi connectivity index (χ0) is 14.8. The van der Waals surface area contributed by atoms with Crippen molar-refractivity contribution in [2.75, 3.05) is 5.32 Å². The van der Waals surface area contributed by atoms with Gasteiger partial charge in [0.25, 0.3) is 5.56 Å². The second-order valence-electron chi connectivity index (χ2n) is 4.51. The van der Waals surface area contributed by atoms with Gasteiger partial charge in [-0.25, -0.2) is 0 Å². The number of rotatable bonds is 3. The van der Waals surface area contributed by atoms with Crippen LogP contribution < -0.4 is 10.9 Å². The topological polar surface area (TPSA) is 51.1 Å². The van der Waals surface area contributed by atoms with Gasteiger partial charge in [-0.15, -0.1) is 11.3 Å². The molecule has 2 aromatic heterocycles. The first-order valence-corrected chi connectivity index (χ1v) is 7.51. The van der Waals surface area contributed by atoms with Crippen molar-refractivity contribution in [2.45, 2.75) is 6.54 Å². The standard InChI is InChI=1S/C15H11ClN2O2S/c16-10-2-1-3-11(8-10)17-14(19)9-18-6-4-13-12(15(18)20)5-7-21-13/h1-8H,9H2,(H,17,19). The fourth-order valence-corrected chi connectivity index (χ4v) is 3.02. The Morgan fingerprint density at radius 2 is 2.14 bits per heavy atom. The van der Waals surface area contributed by atoms with Crippen LogP contribution in [0.25, 0.3) is 10.1 Å². The Balaban J connectivity index is 1.80. The van der Waals surface area contributed by atoms with Crippen LogP contribution in [0.15, 0.2) is 52.8 Å². The van der Waals surface area contributed by atoms with Gasteiger partial charge in [0.05, 0.1) is 5.39 Å². The van der Waals surface area contributed by atoms with E-state index in [9.17, 15) is 9.59 Å². The van der Waals surface area contributed by atoms with Crippen LogP contribution in [0.3, 0.4) is 0 Å². The number of fused-ring (bicyclic) bond motifs is 1. The summed E-state index contributed by atoms with van der Waals surface area (Å²) in [6, 6.07) is 10.5. The van der Waals surface area contributed by atoms with Crippen LogP contribution in [-0.4, -0.2) is 10.5 Å². The smallest absolute Gasteiger partial charge is 0.259 e. The predicted octanol–water partition coefficient (Wildman–Crippen LogP) is 3.36. The summed E-state index contributed by atoms with van der Waals surface area (Å²) in [6.07, 6.45) is 1.64. The van der Waals surface area contributed by atoms with E-state index in [1.165, 1.54) is 15.9 Å². The quantitative estimate of drug-likeness (QED) is 0.805. The molecule has 106 valence electrons. The highest BCUT2D eigenvalue weighted by Crippen LogP contribution is 2.17. The second kappa shape index (κ2) is 5.71. The summed E-state index contributed by atoms with van der Waals surface area (Å²) in [6.45, 7) is -0.0306. The van der Waals surface area contributed by atoms with Crippen LogP contribution in [0, 0.1) is 0 Å². The van der Waals surface area contributed by atoms with Crippen molar-refractivity contribution < 1.29 is 4.79 Å². The Bertz CT molecular complexity index is 869. The Morgan fingerprint density at radius 1 is 1.29 bits per heavy atom. The number of pyridine rings is 1. The van der Waals surface area contributed by atoms with Crippen molar-refractivity contribution >= 4 is 44.6 Å². The molecule has 6 heteroatoms. The lowest BCUT2D eigenvalue weighted by atomic mass is 10.3. The van der Waals surface area contributed by atoms with Gasteiger partial charge < -0.3 is 9.88 Å². The molecule has 0 spiro atoms. The number of hydrogen-bond donors (Lipinski definition) is 1. The monoisotopic (exact) mass is 318 g/mol. The highest BCUT2D eigenvalue weighted by atomic mass is 35.5. The summed E-state index contributed by atoms with van der Waals surface area (Å²) in [5.74, 6) is -0.269. The van der Waals surface area contributed by atoms with Gasteiger partial charge >= 0.3 is 0 Å². The molecule has 0 saturated heterocycles. The predicted molar refractivity (Wildman–Crippen MR) is 86.2 cm³/mol. The van der Waals surface area contributed by atoms with Crippen LogP contribution >= 0.6 is 22.9 Å². The summed E-state index contributed by atoms with van der Waals surface area (Å²) < 4.78 is 2.32. The van der Waals surface area contributed by atoms with Crippen molar-refractivity contribution in [1.82, 2.24) is 4.57 Å². The van der Waals surface area contributed by atoms with Gasteiger partial charge in [-0.1, -0.05) is 17.7 Å². The summed E-state index contributed by atoms with van der Waals surface area (Å²) in [7, 11) is 0. The number of halogens is 1. The fourth-order valence-electron chi connectivity index (χ4n) is 2.05. The van der Waals surface area contributed by atoms with Crippen LogP contribution in [0.2, 0.25) is 5.02 Å². The summed E-state index contributed by atoms with van der Waals surface area (Å²) in [5.41, 5.74) is 0.451. The maximum Gasteiger partial charge on any atom is 0.259 e. The first-order valence-electron chi connectivity index (χ1n) is 6.25. The van der Waals surface area contributed by atoms with E-state index in [1.54, 1.807) is 36.5 Å². The number of nitrogens with zero attached hydrogens (tertiary/aromatic N) is 1. The number of benzene rings is 1. The van der Waals surface area contributed by atoms with E-state index in [0.29, 0.717) is 16.1 Å². The number of amides is 1. The zero-order valence-electron chi connectivity index (χ0n) is 10.9. The molecule has 0 aliphatic heterocycles.